The summed E-state index contributed by atoms with van der Waals surface area (Å²) in [4.78, 5) is 22.1. The van der Waals surface area contributed by atoms with Gasteiger partial charge in [0.1, 0.15) is 6.10 Å². The third kappa shape index (κ3) is 3.15. The highest BCUT2D eigenvalue weighted by atomic mass is 19.4. The number of fused-ring (bicyclic) bond motifs is 1. The summed E-state index contributed by atoms with van der Waals surface area (Å²) in [6.45, 7) is 7.55. The average molecular weight is 398 g/mol. The first-order valence-corrected chi connectivity index (χ1v) is 9.56. The molecule has 8 heteroatoms. The molecule has 4 rings (SSSR count). The number of carbonyl (C=O) groups excluding carboxylic acids is 1. The van der Waals surface area contributed by atoms with Crippen LogP contribution in [-0.4, -0.2) is 33.2 Å². The minimum Gasteiger partial charge on any atom is -0.462 e. The molecule has 3 fully saturated rings. The second-order valence-electron chi connectivity index (χ2n) is 9.66. The molecule has 4 atom stereocenters. The van der Waals surface area contributed by atoms with Crippen molar-refractivity contribution >= 4 is 5.97 Å². The Morgan fingerprint density at radius 1 is 1.18 bits per heavy atom. The van der Waals surface area contributed by atoms with Crippen molar-refractivity contribution in [1.29, 1.82) is 0 Å². The minimum atomic E-state index is -4.42. The Morgan fingerprint density at radius 2 is 1.89 bits per heavy atom. The molecular weight excluding hydrogens is 373 g/mol. The van der Waals surface area contributed by atoms with E-state index in [1.165, 1.54) is 6.07 Å². The van der Waals surface area contributed by atoms with Gasteiger partial charge in [0.2, 0.25) is 5.88 Å². The van der Waals surface area contributed by atoms with E-state index in [0.717, 1.165) is 25.1 Å². The number of ether oxygens (including phenoxy) is 1. The van der Waals surface area contributed by atoms with Crippen molar-refractivity contribution in [3.63, 3.8) is 0 Å². The summed E-state index contributed by atoms with van der Waals surface area (Å²) in [6.07, 6.45) is -0.649. The molecule has 1 aliphatic carbocycles. The monoisotopic (exact) mass is 398 g/mol. The highest BCUT2D eigenvalue weighted by Gasteiger charge is 2.74. The molecule has 28 heavy (non-hydrogen) atoms. The van der Waals surface area contributed by atoms with Crippen molar-refractivity contribution in [2.45, 2.75) is 76.7 Å². The molecule has 1 aromatic heterocycles. The Labute approximate surface area is 162 Å². The number of rotatable bonds is 3. The fourth-order valence-electron chi connectivity index (χ4n) is 4.79. The van der Waals surface area contributed by atoms with E-state index in [9.17, 15) is 18.0 Å². The van der Waals surface area contributed by atoms with Crippen LogP contribution in [0.3, 0.4) is 0 Å². The number of carbonyl (C=O) groups is 1. The summed E-state index contributed by atoms with van der Waals surface area (Å²) in [7, 11) is 0. The van der Waals surface area contributed by atoms with E-state index >= 15 is 0 Å². The zero-order valence-electron chi connectivity index (χ0n) is 16.5. The fourth-order valence-corrected chi connectivity index (χ4v) is 4.79. The van der Waals surface area contributed by atoms with Gasteiger partial charge in [-0.2, -0.15) is 13.2 Å². The molecule has 2 saturated heterocycles. The second-order valence-corrected chi connectivity index (χ2v) is 9.66. The van der Waals surface area contributed by atoms with Gasteiger partial charge in [-0.05, 0) is 52.5 Å². The third-order valence-corrected chi connectivity index (χ3v) is 6.16. The topological polar surface area (TPSA) is 51.7 Å². The lowest BCUT2D eigenvalue weighted by molar-refractivity contribution is -0.211. The molecule has 1 aromatic rings. The number of hydrogen-bond acceptors (Lipinski definition) is 5. The van der Waals surface area contributed by atoms with E-state index in [4.69, 9.17) is 9.57 Å². The van der Waals surface area contributed by atoms with Crippen LogP contribution in [0, 0.1) is 11.3 Å². The van der Waals surface area contributed by atoms with Crippen molar-refractivity contribution in [1.82, 2.24) is 10.0 Å². The number of halogens is 3. The van der Waals surface area contributed by atoms with Crippen LogP contribution < -0.4 is 4.84 Å². The fraction of sp³-hybridized carbons (Fsp3) is 0.700. The summed E-state index contributed by atoms with van der Waals surface area (Å²) in [5.41, 5.74) is -1.92. The molecule has 0 amide bonds. The van der Waals surface area contributed by atoms with Crippen LogP contribution in [0.4, 0.5) is 13.2 Å². The molecule has 1 spiro atoms. The summed E-state index contributed by atoms with van der Waals surface area (Å²) < 4.78 is 44.0. The number of hydroxylamine groups is 2. The van der Waals surface area contributed by atoms with Crippen LogP contribution in [0.1, 0.15) is 58.9 Å². The number of hydrogen-bond donors (Lipinski definition) is 0. The lowest BCUT2D eigenvalue weighted by atomic mass is 9.86. The van der Waals surface area contributed by atoms with E-state index in [2.05, 4.69) is 11.9 Å². The molecule has 154 valence electrons. The smallest absolute Gasteiger partial charge is 0.417 e. The Hall–Kier alpha value is -1.83. The standard InChI is InChI=1S/C20H25F3N2O3/c1-17(2,3)16(26)27-14-9-18(4)7-13-8-19(13,10-14)25(18)28-15-6-5-12(11-24-15)20(21,22)23/h5-6,11,13-14H,7-10H2,1-4H3/t13?,14-,18?,19?/m0/s1. The van der Waals surface area contributed by atoms with Crippen LogP contribution in [0.2, 0.25) is 0 Å². The van der Waals surface area contributed by atoms with Crippen LogP contribution in [-0.2, 0) is 15.7 Å². The second kappa shape index (κ2) is 5.84. The first-order valence-electron chi connectivity index (χ1n) is 9.56. The predicted molar refractivity (Wildman–Crippen MR) is 94.1 cm³/mol. The quantitative estimate of drug-likeness (QED) is 0.708. The van der Waals surface area contributed by atoms with Gasteiger partial charge in [0.25, 0.3) is 0 Å². The van der Waals surface area contributed by atoms with Crippen molar-refractivity contribution in [2.24, 2.45) is 11.3 Å². The van der Waals surface area contributed by atoms with Crippen molar-refractivity contribution in [2.75, 3.05) is 0 Å². The number of nitrogens with zero attached hydrogens (tertiary/aromatic N) is 2. The van der Waals surface area contributed by atoms with Gasteiger partial charge in [0.05, 0.1) is 22.1 Å². The lowest BCUT2D eigenvalue weighted by Gasteiger charge is -2.46. The van der Waals surface area contributed by atoms with E-state index in [1.54, 1.807) is 0 Å². The Balaban J connectivity index is 1.50. The summed E-state index contributed by atoms with van der Waals surface area (Å²) in [5.74, 6) is 0.384. The van der Waals surface area contributed by atoms with Crippen molar-refractivity contribution in [3.05, 3.63) is 23.9 Å². The van der Waals surface area contributed by atoms with Crippen LogP contribution >= 0.6 is 0 Å². The molecule has 3 unspecified atom stereocenters. The van der Waals surface area contributed by atoms with E-state index in [-0.39, 0.29) is 29.0 Å². The number of pyridine rings is 1. The summed E-state index contributed by atoms with van der Waals surface area (Å²) in [5, 5.41) is 1.92. The van der Waals surface area contributed by atoms with Gasteiger partial charge in [0.15, 0.2) is 0 Å². The average Bonchev–Trinajstić information content (AvgIpc) is 3.17. The van der Waals surface area contributed by atoms with E-state index < -0.39 is 17.2 Å². The molecule has 2 bridgehead atoms. The molecule has 2 aliphatic heterocycles. The van der Waals surface area contributed by atoms with Gasteiger partial charge in [-0.15, -0.1) is 5.06 Å². The van der Waals surface area contributed by atoms with E-state index in [0.29, 0.717) is 18.8 Å². The maximum Gasteiger partial charge on any atom is 0.417 e. The largest absolute Gasteiger partial charge is 0.462 e. The SMILES string of the molecule is CC(C)(C)C(=O)O[C@H]1CC2(C)CC3CC3(C1)N2Oc1ccc(C(F)(F)F)cn1. The third-order valence-electron chi connectivity index (χ3n) is 6.16. The van der Waals surface area contributed by atoms with Gasteiger partial charge >= 0.3 is 12.1 Å². The Kier molecular flexibility index (Phi) is 4.07. The molecule has 3 heterocycles. The van der Waals surface area contributed by atoms with Crippen LogP contribution in [0.25, 0.3) is 0 Å². The van der Waals surface area contributed by atoms with Gasteiger partial charge in [-0.3, -0.25) is 4.79 Å². The van der Waals surface area contributed by atoms with Crippen molar-refractivity contribution < 1.29 is 27.5 Å². The molecule has 1 saturated carbocycles. The Bertz CT molecular complexity index is 781. The summed E-state index contributed by atoms with van der Waals surface area (Å²) >= 11 is 0. The van der Waals surface area contributed by atoms with Crippen LogP contribution in [0.5, 0.6) is 5.88 Å². The normalized spacial score (nSPS) is 34.7. The van der Waals surface area contributed by atoms with E-state index in [1.807, 2.05) is 25.8 Å². The molecule has 0 radical (unpaired) electrons. The number of piperidine rings is 2. The van der Waals surface area contributed by atoms with Crippen LogP contribution in [0.15, 0.2) is 18.3 Å². The zero-order valence-corrected chi connectivity index (χ0v) is 16.5. The Morgan fingerprint density at radius 3 is 2.43 bits per heavy atom. The van der Waals surface area contributed by atoms with Crippen molar-refractivity contribution in [3.8, 4) is 5.88 Å². The van der Waals surface area contributed by atoms with Gasteiger partial charge in [0, 0.05) is 25.1 Å². The predicted octanol–water partition coefficient (Wildman–Crippen LogP) is 4.37. The number of aromatic nitrogens is 1. The highest BCUT2D eigenvalue weighted by Crippen LogP contribution is 2.67. The molecular formula is C20H25F3N2O3. The number of alkyl halides is 3. The number of esters is 1. The zero-order chi connectivity index (χ0) is 20.5. The summed E-state index contributed by atoms with van der Waals surface area (Å²) in [6, 6.07) is 2.23. The highest BCUT2D eigenvalue weighted by molar-refractivity contribution is 5.75. The lowest BCUT2D eigenvalue weighted by Crippen LogP contribution is -2.58. The molecule has 0 aromatic carbocycles. The van der Waals surface area contributed by atoms with Gasteiger partial charge in [-0.25, -0.2) is 4.98 Å². The first-order chi connectivity index (χ1) is 12.8. The molecule has 0 N–H and O–H groups in total. The molecule has 3 aliphatic rings. The molecule has 5 nitrogen and oxygen atoms in total. The maximum atomic E-state index is 12.7. The van der Waals surface area contributed by atoms with Gasteiger partial charge < -0.3 is 9.57 Å². The first kappa shape index (κ1) is 19.5. The van der Waals surface area contributed by atoms with Gasteiger partial charge in [-0.1, -0.05) is 0 Å². The maximum absolute atomic E-state index is 12.7. The minimum absolute atomic E-state index is 0.149.